The molecule has 8 nitrogen and oxygen atoms in total. The Morgan fingerprint density at radius 3 is 2.58 bits per heavy atom. The molecule has 3 aromatic rings. The number of fused-ring (bicyclic) bond motifs is 1. The Kier molecular flexibility index (Phi) is 4.02. The van der Waals surface area contributed by atoms with Crippen LogP contribution < -0.4 is 4.90 Å². The SMILES string of the molecule is Cc1noc(CN2CCN(c3nccn4cc(C(F)(F)F)nc34)CC2)n1. The van der Waals surface area contributed by atoms with E-state index in [0.717, 1.165) is 6.20 Å². The van der Waals surface area contributed by atoms with Crippen LogP contribution in [0.3, 0.4) is 0 Å². The number of piperazine rings is 1. The maximum atomic E-state index is 12.9. The fourth-order valence-electron chi connectivity index (χ4n) is 2.98. The minimum absolute atomic E-state index is 0.209. The van der Waals surface area contributed by atoms with Crippen molar-refractivity contribution in [3.8, 4) is 0 Å². The van der Waals surface area contributed by atoms with E-state index in [2.05, 4.69) is 25.0 Å². The molecule has 0 radical (unpaired) electrons. The molecule has 0 atom stereocenters. The van der Waals surface area contributed by atoms with Crippen molar-refractivity contribution in [2.75, 3.05) is 31.1 Å². The molecule has 3 aromatic heterocycles. The smallest absolute Gasteiger partial charge is 0.351 e. The Hall–Kier alpha value is -2.69. The van der Waals surface area contributed by atoms with Crippen LogP contribution in [0.1, 0.15) is 17.4 Å². The molecule has 26 heavy (non-hydrogen) atoms. The molecule has 0 saturated carbocycles. The number of aromatic nitrogens is 5. The average molecular weight is 367 g/mol. The molecule has 1 saturated heterocycles. The molecular weight excluding hydrogens is 351 g/mol. The molecule has 1 fully saturated rings. The van der Waals surface area contributed by atoms with Gasteiger partial charge in [0.2, 0.25) is 5.89 Å². The van der Waals surface area contributed by atoms with Gasteiger partial charge < -0.3 is 13.8 Å². The molecule has 0 N–H and O–H groups in total. The highest BCUT2D eigenvalue weighted by molar-refractivity contribution is 5.64. The van der Waals surface area contributed by atoms with E-state index >= 15 is 0 Å². The number of imidazole rings is 1. The third-order valence-corrected chi connectivity index (χ3v) is 4.25. The quantitative estimate of drug-likeness (QED) is 0.698. The summed E-state index contributed by atoms with van der Waals surface area (Å²) in [4.78, 5) is 16.3. The zero-order valence-electron chi connectivity index (χ0n) is 13.9. The highest BCUT2D eigenvalue weighted by Crippen LogP contribution is 2.30. The van der Waals surface area contributed by atoms with Crippen LogP contribution in [0.4, 0.5) is 19.0 Å². The van der Waals surface area contributed by atoms with Crippen molar-refractivity contribution in [2.24, 2.45) is 0 Å². The van der Waals surface area contributed by atoms with Gasteiger partial charge in [-0.05, 0) is 6.92 Å². The van der Waals surface area contributed by atoms with Crippen molar-refractivity contribution in [3.05, 3.63) is 36.0 Å². The summed E-state index contributed by atoms with van der Waals surface area (Å²) in [6.07, 6.45) is -0.550. The van der Waals surface area contributed by atoms with Gasteiger partial charge in [0.1, 0.15) is 0 Å². The molecule has 1 aliphatic heterocycles. The van der Waals surface area contributed by atoms with E-state index < -0.39 is 11.9 Å². The largest absolute Gasteiger partial charge is 0.434 e. The summed E-state index contributed by atoms with van der Waals surface area (Å²) in [6.45, 7) is 4.96. The van der Waals surface area contributed by atoms with E-state index in [9.17, 15) is 13.2 Å². The second-order valence-corrected chi connectivity index (χ2v) is 6.10. The summed E-state index contributed by atoms with van der Waals surface area (Å²) in [5, 5.41) is 3.76. The summed E-state index contributed by atoms with van der Waals surface area (Å²) in [5.74, 6) is 1.60. The van der Waals surface area contributed by atoms with Gasteiger partial charge >= 0.3 is 6.18 Å². The van der Waals surface area contributed by atoms with Crippen LogP contribution in [0.15, 0.2) is 23.1 Å². The monoisotopic (exact) mass is 367 g/mol. The average Bonchev–Trinajstić information content (AvgIpc) is 3.21. The maximum absolute atomic E-state index is 12.9. The lowest BCUT2D eigenvalue weighted by atomic mass is 10.3. The molecule has 1 aliphatic rings. The third-order valence-electron chi connectivity index (χ3n) is 4.25. The Labute approximate surface area is 146 Å². The van der Waals surface area contributed by atoms with Gasteiger partial charge in [0.15, 0.2) is 23.0 Å². The molecular formula is C15H16F3N7O. The molecule has 0 unspecified atom stereocenters. The number of hydrogen-bond acceptors (Lipinski definition) is 7. The van der Waals surface area contributed by atoms with E-state index in [0.29, 0.717) is 50.3 Å². The van der Waals surface area contributed by atoms with Gasteiger partial charge in [-0.2, -0.15) is 18.2 Å². The van der Waals surface area contributed by atoms with Gasteiger partial charge in [-0.3, -0.25) is 4.90 Å². The van der Waals surface area contributed by atoms with Crippen LogP contribution in [-0.2, 0) is 12.7 Å². The number of halogens is 3. The molecule has 0 spiro atoms. The summed E-state index contributed by atoms with van der Waals surface area (Å²) in [7, 11) is 0. The highest BCUT2D eigenvalue weighted by Gasteiger charge is 2.34. The molecule has 4 rings (SSSR count). The van der Waals surface area contributed by atoms with Gasteiger partial charge in [-0.25, -0.2) is 9.97 Å². The van der Waals surface area contributed by atoms with E-state index in [1.54, 1.807) is 6.92 Å². The molecule has 0 bridgehead atoms. The molecule has 4 heterocycles. The number of hydrogen-bond donors (Lipinski definition) is 0. The number of rotatable bonds is 3. The molecule has 0 aromatic carbocycles. The lowest BCUT2D eigenvalue weighted by Gasteiger charge is -2.34. The zero-order valence-corrected chi connectivity index (χ0v) is 13.9. The summed E-state index contributed by atoms with van der Waals surface area (Å²) in [5.41, 5.74) is -0.710. The van der Waals surface area contributed by atoms with Gasteiger partial charge in [0.05, 0.1) is 6.54 Å². The lowest BCUT2D eigenvalue weighted by Crippen LogP contribution is -2.46. The first-order chi connectivity index (χ1) is 12.4. The van der Waals surface area contributed by atoms with Crippen molar-refractivity contribution < 1.29 is 17.7 Å². The lowest BCUT2D eigenvalue weighted by molar-refractivity contribution is -0.140. The minimum Gasteiger partial charge on any atom is -0.351 e. The number of alkyl halides is 3. The Morgan fingerprint density at radius 2 is 1.92 bits per heavy atom. The van der Waals surface area contributed by atoms with Crippen molar-refractivity contribution in [1.29, 1.82) is 0 Å². The standard InChI is InChI=1S/C15H16F3N7O/c1-10-20-12(26-22-10)9-23-4-6-24(7-5-23)13-14-21-11(15(16,17)18)8-25(14)3-2-19-13/h2-3,8H,4-7,9H2,1H3. The molecule has 0 aliphatic carbocycles. The molecule has 138 valence electrons. The van der Waals surface area contributed by atoms with Crippen LogP contribution in [0.2, 0.25) is 0 Å². The van der Waals surface area contributed by atoms with Gasteiger partial charge in [0, 0.05) is 44.8 Å². The first kappa shape index (κ1) is 16.8. The van der Waals surface area contributed by atoms with Crippen molar-refractivity contribution >= 4 is 11.5 Å². The minimum atomic E-state index is -4.48. The fraction of sp³-hybridized carbons (Fsp3) is 0.467. The Morgan fingerprint density at radius 1 is 1.15 bits per heavy atom. The Balaban J connectivity index is 1.49. The van der Waals surface area contributed by atoms with Gasteiger partial charge in [-0.15, -0.1) is 0 Å². The molecule has 0 amide bonds. The summed E-state index contributed by atoms with van der Waals surface area (Å²) < 4.78 is 45.3. The third kappa shape index (κ3) is 3.21. The second kappa shape index (κ2) is 6.24. The van der Waals surface area contributed by atoms with Crippen LogP contribution in [0, 0.1) is 6.92 Å². The first-order valence-corrected chi connectivity index (χ1v) is 8.07. The van der Waals surface area contributed by atoms with Crippen LogP contribution >= 0.6 is 0 Å². The van der Waals surface area contributed by atoms with Crippen molar-refractivity contribution in [2.45, 2.75) is 19.6 Å². The van der Waals surface area contributed by atoms with Gasteiger partial charge in [-0.1, -0.05) is 5.16 Å². The van der Waals surface area contributed by atoms with E-state index in [-0.39, 0.29) is 5.65 Å². The van der Waals surface area contributed by atoms with Crippen LogP contribution in [0.5, 0.6) is 0 Å². The predicted molar refractivity (Wildman–Crippen MR) is 84.5 cm³/mol. The molecule has 11 heteroatoms. The zero-order chi connectivity index (χ0) is 18.3. The fourth-order valence-corrected chi connectivity index (χ4v) is 2.98. The number of anilines is 1. The number of aryl methyl sites for hydroxylation is 1. The van der Waals surface area contributed by atoms with Crippen molar-refractivity contribution in [3.63, 3.8) is 0 Å². The van der Waals surface area contributed by atoms with Crippen molar-refractivity contribution in [1.82, 2.24) is 29.4 Å². The first-order valence-electron chi connectivity index (χ1n) is 8.07. The van der Waals surface area contributed by atoms with E-state index in [1.165, 1.54) is 16.8 Å². The van der Waals surface area contributed by atoms with Crippen LogP contribution in [-0.4, -0.2) is 55.6 Å². The summed E-state index contributed by atoms with van der Waals surface area (Å²) >= 11 is 0. The normalized spacial score (nSPS) is 16.5. The van der Waals surface area contributed by atoms with Crippen LogP contribution in [0.25, 0.3) is 5.65 Å². The Bertz CT molecular complexity index is 911. The maximum Gasteiger partial charge on any atom is 0.434 e. The number of nitrogens with zero attached hydrogens (tertiary/aromatic N) is 7. The topological polar surface area (TPSA) is 75.6 Å². The van der Waals surface area contributed by atoms with Gasteiger partial charge in [0.25, 0.3) is 0 Å². The predicted octanol–water partition coefficient (Wildman–Crippen LogP) is 1.76. The van der Waals surface area contributed by atoms with E-state index in [1.807, 2.05) is 4.90 Å². The second-order valence-electron chi connectivity index (χ2n) is 6.10. The highest BCUT2D eigenvalue weighted by atomic mass is 19.4. The van der Waals surface area contributed by atoms with E-state index in [4.69, 9.17) is 4.52 Å². The summed E-state index contributed by atoms with van der Waals surface area (Å²) in [6, 6.07) is 0.